The van der Waals surface area contributed by atoms with Gasteiger partial charge in [0.1, 0.15) is 12.4 Å². The van der Waals surface area contributed by atoms with Crippen LogP contribution in [0.5, 0.6) is 0 Å². The van der Waals surface area contributed by atoms with E-state index < -0.39 is 35.5 Å². The van der Waals surface area contributed by atoms with Gasteiger partial charge in [0, 0.05) is 31.6 Å². The summed E-state index contributed by atoms with van der Waals surface area (Å²) in [6.45, 7) is 0.727. The third kappa shape index (κ3) is 5.97. The van der Waals surface area contributed by atoms with Crippen LogP contribution in [0.2, 0.25) is 0 Å². The fraction of sp³-hybridized carbons (Fsp3) is 0.364. The number of hydrogen-bond acceptors (Lipinski definition) is 4. The molecule has 166 valence electrons. The fourth-order valence-electron chi connectivity index (χ4n) is 3.41. The number of rotatable bonds is 6. The summed E-state index contributed by atoms with van der Waals surface area (Å²) in [7, 11) is 0. The molecule has 3 rings (SSSR count). The van der Waals surface area contributed by atoms with Crippen LogP contribution in [-0.2, 0) is 22.6 Å². The lowest BCUT2D eigenvalue weighted by Gasteiger charge is -2.38. The highest BCUT2D eigenvalue weighted by Gasteiger charge is 2.30. The predicted octanol–water partition coefficient (Wildman–Crippen LogP) is 3.54. The molecule has 2 N–H and O–H groups in total. The normalized spacial score (nSPS) is 15.0. The van der Waals surface area contributed by atoms with Gasteiger partial charge in [0.15, 0.2) is 11.6 Å². The standard InChI is InChI=1S/C22H24F3N3O3/c23-18-13-20(25)19(24)11-16(18)10-17(26)12-21(29)27-8-4-5-9-28(27)22(30)31-14-15-6-2-1-3-7-15/h1-3,6-7,11,13,17H,4-5,8-10,12,14,26H2/t17-/m1/s1. The van der Waals surface area contributed by atoms with Gasteiger partial charge in [0.05, 0.1) is 0 Å². The van der Waals surface area contributed by atoms with Gasteiger partial charge in [-0.15, -0.1) is 0 Å². The molecule has 1 heterocycles. The molecule has 0 saturated carbocycles. The van der Waals surface area contributed by atoms with Crippen molar-refractivity contribution in [3.8, 4) is 0 Å². The number of nitrogens with zero attached hydrogens (tertiary/aromatic N) is 2. The summed E-state index contributed by atoms with van der Waals surface area (Å²) in [5.74, 6) is -3.82. The molecule has 6 nitrogen and oxygen atoms in total. The maximum atomic E-state index is 13.8. The highest BCUT2D eigenvalue weighted by atomic mass is 19.2. The highest BCUT2D eigenvalue weighted by Crippen LogP contribution is 2.18. The summed E-state index contributed by atoms with van der Waals surface area (Å²) >= 11 is 0. The molecule has 0 spiro atoms. The van der Waals surface area contributed by atoms with E-state index in [1.165, 1.54) is 10.0 Å². The summed E-state index contributed by atoms with van der Waals surface area (Å²) in [5, 5.41) is 2.54. The van der Waals surface area contributed by atoms with Crippen LogP contribution < -0.4 is 5.73 Å². The Hall–Kier alpha value is -3.07. The Kier molecular flexibility index (Phi) is 7.51. The molecule has 0 radical (unpaired) electrons. The number of benzene rings is 2. The Morgan fingerprint density at radius 3 is 2.32 bits per heavy atom. The van der Waals surface area contributed by atoms with Gasteiger partial charge in [-0.25, -0.2) is 28.0 Å². The molecule has 1 atom stereocenters. The Balaban J connectivity index is 1.59. The van der Waals surface area contributed by atoms with Crippen molar-refractivity contribution in [3.63, 3.8) is 0 Å². The number of halogens is 3. The largest absolute Gasteiger partial charge is 0.443 e. The number of carbonyl (C=O) groups excluding carboxylic acids is 2. The lowest BCUT2D eigenvalue weighted by molar-refractivity contribution is -0.150. The predicted molar refractivity (Wildman–Crippen MR) is 107 cm³/mol. The number of hydrogen-bond donors (Lipinski definition) is 1. The minimum atomic E-state index is -1.29. The van der Waals surface area contributed by atoms with Gasteiger partial charge in [-0.1, -0.05) is 30.3 Å². The Labute approximate surface area is 178 Å². The molecule has 0 bridgehead atoms. The number of carbonyl (C=O) groups is 2. The zero-order valence-electron chi connectivity index (χ0n) is 16.9. The minimum absolute atomic E-state index is 0.0765. The Morgan fingerprint density at radius 1 is 0.968 bits per heavy atom. The van der Waals surface area contributed by atoms with Gasteiger partial charge < -0.3 is 10.5 Å². The second kappa shape index (κ2) is 10.3. The average Bonchev–Trinajstić information content (AvgIpc) is 2.76. The molecule has 31 heavy (non-hydrogen) atoms. The smallest absolute Gasteiger partial charge is 0.429 e. The second-order valence-electron chi connectivity index (χ2n) is 7.41. The highest BCUT2D eigenvalue weighted by molar-refractivity contribution is 5.80. The van der Waals surface area contributed by atoms with Gasteiger partial charge in [0.25, 0.3) is 0 Å². The number of amides is 2. The summed E-state index contributed by atoms with van der Waals surface area (Å²) in [4.78, 5) is 25.3. The second-order valence-corrected chi connectivity index (χ2v) is 7.41. The number of hydrazine groups is 1. The van der Waals surface area contributed by atoms with E-state index in [-0.39, 0.29) is 25.0 Å². The molecule has 2 aromatic rings. The van der Waals surface area contributed by atoms with Crippen LogP contribution in [0.25, 0.3) is 0 Å². The molecular formula is C22H24F3N3O3. The van der Waals surface area contributed by atoms with Crippen molar-refractivity contribution < 1.29 is 27.5 Å². The van der Waals surface area contributed by atoms with E-state index in [2.05, 4.69) is 0 Å². The first-order valence-electron chi connectivity index (χ1n) is 10.0. The van der Waals surface area contributed by atoms with E-state index in [0.717, 1.165) is 18.1 Å². The van der Waals surface area contributed by atoms with E-state index in [0.29, 0.717) is 25.6 Å². The molecule has 2 amide bonds. The molecule has 0 aromatic heterocycles. The third-order valence-corrected chi connectivity index (χ3v) is 4.99. The van der Waals surface area contributed by atoms with Crippen molar-refractivity contribution in [1.82, 2.24) is 10.0 Å². The maximum absolute atomic E-state index is 13.8. The Morgan fingerprint density at radius 2 is 1.61 bits per heavy atom. The third-order valence-electron chi connectivity index (χ3n) is 4.99. The number of nitrogens with two attached hydrogens (primary N) is 1. The summed E-state index contributed by atoms with van der Waals surface area (Å²) in [6.07, 6.45) is 0.441. The number of ether oxygens (including phenoxy) is 1. The fourth-order valence-corrected chi connectivity index (χ4v) is 3.41. The maximum Gasteiger partial charge on any atom is 0.429 e. The zero-order valence-corrected chi connectivity index (χ0v) is 16.9. The average molecular weight is 435 g/mol. The SMILES string of the molecule is N[C@@H](CC(=O)N1CCCCN1C(=O)OCc1ccccc1)Cc1cc(F)c(F)cc1F. The van der Waals surface area contributed by atoms with Crippen LogP contribution in [-0.4, -0.2) is 41.1 Å². The monoisotopic (exact) mass is 435 g/mol. The van der Waals surface area contributed by atoms with Crippen molar-refractivity contribution >= 4 is 12.0 Å². The van der Waals surface area contributed by atoms with Crippen LogP contribution in [0, 0.1) is 17.5 Å². The minimum Gasteiger partial charge on any atom is -0.443 e. The molecule has 9 heteroatoms. The van der Waals surface area contributed by atoms with Gasteiger partial charge in [-0.2, -0.15) is 0 Å². The van der Waals surface area contributed by atoms with E-state index in [4.69, 9.17) is 10.5 Å². The van der Waals surface area contributed by atoms with Crippen molar-refractivity contribution in [2.45, 2.75) is 38.3 Å². The summed E-state index contributed by atoms with van der Waals surface area (Å²) in [5.41, 5.74) is 6.67. The van der Waals surface area contributed by atoms with E-state index >= 15 is 0 Å². The van der Waals surface area contributed by atoms with E-state index in [1.54, 1.807) is 0 Å². The summed E-state index contributed by atoms with van der Waals surface area (Å²) < 4.78 is 45.6. The van der Waals surface area contributed by atoms with E-state index in [1.807, 2.05) is 30.3 Å². The molecule has 0 aliphatic carbocycles. The first-order valence-corrected chi connectivity index (χ1v) is 10.0. The lowest BCUT2D eigenvalue weighted by Crippen LogP contribution is -2.54. The Bertz CT molecular complexity index is 927. The van der Waals surface area contributed by atoms with E-state index in [9.17, 15) is 22.8 Å². The van der Waals surface area contributed by atoms with Crippen LogP contribution in [0.15, 0.2) is 42.5 Å². The molecule has 2 aromatic carbocycles. The van der Waals surface area contributed by atoms with Crippen LogP contribution in [0.3, 0.4) is 0 Å². The molecule has 1 saturated heterocycles. The van der Waals surface area contributed by atoms with Gasteiger partial charge in [-0.3, -0.25) is 4.79 Å². The summed E-state index contributed by atoms with van der Waals surface area (Å²) in [6, 6.07) is 9.51. The molecule has 1 aliphatic rings. The lowest BCUT2D eigenvalue weighted by atomic mass is 10.0. The van der Waals surface area contributed by atoms with Crippen LogP contribution >= 0.6 is 0 Å². The van der Waals surface area contributed by atoms with Crippen LogP contribution in [0.4, 0.5) is 18.0 Å². The molecular weight excluding hydrogens is 411 g/mol. The zero-order chi connectivity index (χ0) is 22.4. The van der Waals surface area contributed by atoms with Crippen molar-refractivity contribution in [1.29, 1.82) is 0 Å². The molecule has 1 fully saturated rings. The topological polar surface area (TPSA) is 75.9 Å². The van der Waals surface area contributed by atoms with Crippen molar-refractivity contribution in [2.24, 2.45) is 5.73 Å². The van der Waals surface area contributed by atoms with Gasteiger partial charge in [0.2, 0.25) is 5.91 Å². The first kappa shape index (κ1) is 22.6. The van der Waals surface area contributed by atoms with Crippen molar-refractivity contribution in [3.05, 3.63) is 71.0 Å². The molecule has 1 aliphatic heterocycles. The molecule has 0 unspecified atom stereocenters. The first-order chi connectivity index (χ1) is 14.8. The van der Waals surface area contributed by atoms with Gasteiger partial charge >= 0.3 is 6.09 Å². The van der Waals surface area contributed by atoms with Crippen LogP contribution in [0.1, 0.15) is 30.4 Å². The van der Waals surface area contributed by atoms with Gasteiger partial charge in [-0.05, 0) is 36.5 Å². The quantitative estimate of drug-likeness (QED) is 0.705. The van der Waals surface area contributed by atoms with Crippen molar-refractivity contribution in [2.75, 3.05) is 13.1 Å².